The molecule has 3 aromatic carbocycles. The van der Waals surface area contributed by atoms with Crippen LogP contribution in [0.1, 0.15) is 34.0 Å². The van der Waals surface area contributed by atoms with Crippen LogP contribution in [0.3, 0.4) is 0 Å². The number of hydrogen-bond donors (Lipinski definition) is 2. The number of hydrogen-bond acceptors (Lipinski definition) is 5. The molecular weight excluding hydrogens is 528 g/mol. The molecule has 0 aliphatic rings. The number of rotatable bonds is 7. The lowest BCUT2D eigenvalue weighted by atomic mass is 10.0. The highest BCUT2D eigenvalue weighted by Crippen LogP contribution is 2.33. The number of carbonyl (C=O) groups is 2. The van der Waals surface area contributed by atoms with E-state index in [4.69, 9.17) is 9.47 Å². The zero-order valence-electron chi connectivity index (χ0n) is 23.8. The Morgan fingerprint density at radius 3 is 2.48 bits per heavy atom. The number of fused-ring (bicyclic) bond motifs is 1. The molecule has 0 saturated heterocycles. The quantitative estimate of drug-likeness (QED) is 0.185. The van der Waals surface area contributed by atoms with Crippen LogP contribution in [0.15, 0.2) is 85.2 Å². The third-order valence-electron chi connectivity index (χ3n) is 6.67. The Bertz CT molecular complexity index is 1830. The van der Waals surface area contributed by atoms with Crippen molar-refractivity contribution in [1.29, 1.82) is 0 Å². The maximum Gasteiger partial charge on any atom is 0.255 e. The van der Waals surface area contributed by atoms with E-state index in [1.54, 1.807) is 37.6 Å². The van der Waals surface area contributed by atoms with Gasteiger partial charge in [-0.1, -0.05) is 36.1 Å². The first-order valence-corrected chi connectivity index (χ1v) is 13.3. The Morgan fingerprint density at radius 1 is 0.952 bits per heavy atom. The topological polar surface area (TPSA) is 94.5 Å². The standard InChI is InChI=1S/C34H30N4O4/c1-22-5-8-27(17-26(22)9-6-24-7-16-33(35-19-24)36-23(2)39)34(40)37-28-12-15-30-31(20-38(3)32(30)18-28)25-10-13-29(14-11-25)42-21-41-4/h5,7-8,10-20H,21H2,1-4H3,(H,37,40)(H,35,36,39). The molecule has 0 bridgehead atoms. The Kier molecular flexibility index (Phi) is 8.32. The molecule has 0 atom stereocenters. The van der Waals surface area contributed by atoms with Gasteiger partial charge in [0.05, 0.1) is 5.52 Å². The van der Waals surface area contributed by atoms with E-state index in [-0.39, 0.29) is 18.6 Å². The number of carbonyl (C=O) groups excluding carboxylic acids is 2. The van der Waals surface area contributed by atoms with Gasteiger partial charge in [-0.15, -0.1) is 0 Å². The molecule has 0 aliphatic carbocycles. The first-order chi connectivity index (χ1) is 20.3. The number of methoxy groups -OCH3 is 1. The molecule has 0 saturated carbocycles. The average Bonchev–Trinajstić information content (AvgIpc) is 3.31. The van der Waals surface area contributed by atoms with Crippen molar-refractivity contribution in [3.63, 3.8) is 0 Å². The second-order valence-corrected chi connectivity index (χ2v) is 9.81. The van der Waals surface area contributed by atoms with E-state index in [1.165, 1.54) is 6.92 Å². The molecular formula is C34H30N4O4. The fraction of sp³-hybridized carbons (Fsp3) is 0.147. The van der Waals surface area contributed by atoms with Gasteiger partial charge in [-0.05, 0) is 66.6 Å². The molecule has 0 radical (unpaired) electrons. The van der Waals surface area contributed by atoms with Crippen molar-refractivity contribution < 1.29 is 19.1 Å². The number of nitrogens with one attached hydrogen (secondary N) is 2. The number of benzene rings is 3. The predicted molar refractivity (Wildman–Crippen MR) is 165 cm³/mol. The van der Waals surface area contributed by atoms with Crippen molar-refractivity contribution in [3.05, 3.63) is 107 Å². The summed E-state index contributed by atoms with van der Waals surface area (Å²) in [6, 6.07) is 22.7. The Hall–Kier alpha value is -5.39. The number of ether oxygens (including phenoxy) is 2. The summed E-state index contributed by atoms with van der Waals surface area (Å²) in [5, 5.41) is 6.73. The van der Waals surface area contributed by atoms with Crippen molar-refractivity contribution in [3.8, 4) is 28.7 Å². The van der Waals surface area contributed by atoms with Gasteiger partial charge in [-0.2, -0.15) is 0 Å². The Labute approximate surface area is 244 Å². The zero-order chi connectivity index (χ0) is 29.6. The predicted octanol–water partition coefficient (Wildman–Crippen LogP) is 6.14. The number of nitrogens with zero attached hydrogens (tertiary/aromatic N) is 2. The highest BCUT2D eigenvalue weighted by molar-refractivity contribution is 6.06. The number of amides is 2. The van der Waals surface area contributed by atoms with Crippen molar-refractivity contribution >= 4 is 34.2 Å². The van der Waals surface area contributed by atoms with Crippen LogP contribution in [0.25, 0.3) is 22.0 Å². The summed E-state index contributed by atoms with van der Waals surface area (Å²) >= 11 is 0. The van der Waals surface area contributed by atoms with Crippen molar-refractivity contribution in [2.45, 2.75) is 13.8 Å². The van der Waals surface area contributed by atoms with Crippen molar-refractivity contribution in [1.82, 2.24) is 9.55 Å². The number of anilines is 2. The molecule has 0 unspecified atom stereocenters. The second kappa shape index (κ2) is 12.4. The van der Waals surface area contributed by atoms with E-state index < -0.39 is 0 Å². The molecule has 5 aromatic rings. The molecule has 0 fully saturated rings. The van der Waals surface area contributed by atoms with Crippen LogP contribution in [0.2, 0.25) is 0 Å². The van der Waals surface area contributed by atoms with E-state index >= 15 is 0 Å². The maximum atomic E-state index is 13.2. The van der Waals surface area contributed by atoms with Crippen LogP contribution < -0.4 is 15.4 Å². The molecule has 210 valence electrons. The van der Waals surface area contributed by atoms with Crippen LogP contribution in [0, 0.1) is 18.8 Å². The van der Waals surface area contributed by atoms with Gasteiger partial charge in [0.1, 0.15) is 11.6 Å². The molecule has 42 heavy (non-hydrogen) atoms. The van der Waals surface area contributed by atoms with Crippen molar-refractivity contribution in [2.75, 3.05) is 24.5 Å². The maximum absolute atomic E-state index is 13.2. The minimum atomic E-state index is -0.222. The smallest absolute Gasteiger partial charge is 0.255 e. The van der Waals surface area contributed by atoms with Gasteiger partial charge in [0, 0.05) is 66.8 Å². The third-order valence-corrected chi connectivity index (χ3v) is 6.67. The highest BCUT2D eigenvalue weighted by Gasteiger charge is 2.13. The minimum absolute atomic E-state index is 0.184. The number of aryl methyl sites for hydroxylation is 2. The second-order valence-electron chi connectivity index (χ2n) is 9.81. The Balaban J connectivity index is 1.33. The van der Waals surface area contributed by atoms with Gasteiger partial charge < -0.3 is 24.7 Å². The molecule has 5 rings (SSSR count). The third kappa shape index (κ3) is 6.49. The lowest BCUT2D eigenvalue weighted by Gasteiger charge is -2.08. The van der Waals surface area contributed by atoms with Crippen LogP contribution in [-0.2, 0) is 16.6 Å². The van der Waals surface area contributed by atoms with Gasteiger partial charge in [0.2, 0.25) is 5.91 Å². The van der Waals surface area contributed by atoms with Crippen LogP contribution >= 0.6 is 0 Å². The molecule has 2 aromatic heterocycles. The SMILES string of the molecule is COCOc1ccc(-c2cn(C)c3cc(NC(=O)c4ccc(C)c(C#Cc5ccc(NC(C)=O)nc5)c4)ccc23)cc1. The summed E-state index contributed by atoms with van der Waals surface area (Å²) in [7, 11) is 3.58. The van der Waals surface area contributed by atoms with E-state index in [1.807, 2.05) is 67.1 Å². The van der Waals surface area contributed by atoms with E-state index in [9.17, 15) is 9.59 Å². The van der Waals surface area contributed by atoms with E-state index in [2.05, 4.69) is 33.7 Å². The summed E-state index contributed by atoms with van der Waals surface area (Å²) in [6.45, 7) is 3.58. The summed E-state index contributed by atoms with van der Waals surface area (Å²) in [4.78, 5) is 28.6. The first-order valence-electron chi connectivity index (χ1n) is 13.3. The minimum Gasteiger partial charge on any atom is -0.468 e. The highest BCUT2D eigenvalue weighted by atomic mass is 16.7. The zero-order valence-corrected chi connectivity index (χ0v) is 23.8. The monoisotopic (exact) mass is 558 g/mol. The number of pyridine rings is 1. The summed E-state index contributed by atoms with van der Waals surface area (Å²) in [6.07, 6.45) is 3.68. The molecule has 2 amide bonds. The summed E-state index contributed by atoms with van der Waals surface area (Å²) < 4.78 is 12.5. The molecule has 8 heteroatoms. The molecule has 2 heterocycles. The van der Waals surface area contributed by atoms with E-state index in [0.717, 1.165) is 38.9 Å². The van der Waals surface area contributed by atoms with E-state index in [0.29, 0.717) is 22.6 Å². The van der Waals surface area contributed by atoms with Gasteiger partial charge in [0.25, 0.3) is 5.91 Å². The van der Waals surface area contributed by atoms with Crippen LogP contribution in [0.4, 0.5) is 11.5 Å². The van der Waals surface area contributed by atoms with Gasteiger partial charge in [-0.25, -0.2) is 4.98 Å². The van der Waals surface area contributed by atoms with Gasteiger partial charge in [-0.3, -0.25) is 9.59 Å². The normalized spacial score (nSPS) is 10.6. The molecule has 2 N–H and O–H groups in total. The summed E-state index contributed by atoms with van der Waals surface area (Å²) in [5.41, 5.74) is 6.75. The van der Waals surface area contributed by atoms with Crippen LogP contribution in [0.5, 0.6) is 5.75 Å². The average molecular weight is 559 g/mol. The summed E-state index contributed by atoms with van der Waals surface area (Å²) in [5.74, 6) is 7.02. The number of aromatic nitrogens is 2. The van der Waals surface area contributed by atoms with Crippen LogP contribution in [-0.4, -0.2) is 35.3 Å². The largest absolute Gasteiger partial charge is 0.468 e. The van der Waals surface area contributed by atoms with Gasteiger partial charge >= 0.3 is 0 Å². The lowest BCUT2D eigenvalue weighted by molar-refractivity contribution is -0.114. The van der Waals surface area contributed by atoms with Gasteiger partial charge in [0.15, 0.2) is 6.79 Å². The molecule has 0 aliphatic heterocycles. The fourth-order valence-electron chi connectivity index (χ4n) is 4.51. The molecule has 8 nitrogen and oxygen atoms in total. The fourth-order valence-corrected chi connectivity index (χ4v) is 4.51. The van der Waals surface area contributed by atoms with Crippen molar-refractivity contribution in [2.24, 2.45) is 7.05 Å². The molecule has 0 spiro atoms. The Morgan fingerprint density at radius 2 is 1.76 bits per heavy atom. The lowest BCUT2D eigenvalue weighted by Crippen LogP contribution is -2.12. The first kappa shape index (κ1) is 28.1.